The molecule has 1 heterocycles. The molecule has 1 saturated heterocycles. The zero-order valence-corrected chi connectivity index (χ0v) is 16.1. The quantitative estimate of drug-likeness (QED) is 0.628. The molecule has 4 N–H and O–H groups in total. The normalized spacial score (nSPS) is 18.6. The van der Waals surface area contributed by atoms with Crippen molar-refractivity contribution >= 4 is 35.1 Å². The predicted octanol–water partition coefficient (Wildman–Crippen LogP) is 3.91. The predicted molar refractivity (Wildman–Crippen MR) is 111 cm³/mol. The average Bonchev–Trinajstić information content (AvgIpc) is 2.68. The Balaban J connectivity index is 1.59. The molecule has 0 saturated carbocycles. The highest BCUT2D eigenvalue weighted by molar-refractivity contribution is 6.00. The first kappa shape index (κ1) is 20.2. The Bertz CT molecular complexity index is 887. The minimum Gasteiger partial charge on any atom is -0.481 e. The summed E-state index contributed by atoms with van der Waals surface area (Å²) in [5.41, 5.74) is 1.70. The van der Waals surface area contributed by atoms with E-state index in [0.29, 0.717) is 30.0 Å². The number of piperidine rings is 1. The third kappa shape index (κ3) is 5.71. The van der Waals surface area contributed by atoms with E-state index in [2.05, 4.69) is 16.0 Å². The van der Waals surface area contributed by atoms with Crippen LogP contribution in [0.25, 0.3) is 0 Å². The molecule has 0 aromatic heterocycles. The molecule has 2 aromatic rings. The second-order valence-corrected chi connectivity index (χ2v) is 7.24. The average molecular weight is 396 g/mol. The first-order valence-electron chi connectivity index (χ1n) is 9.42. The second kappa shape index (κ2) is 9.09. The van der Waals surface area contributed by atoms with E-state index in [9.17, 15) is 19.5 Å². The van der Waals surface area contributed by atoms with Crippen LogP contribution in [0.5, 0.6) is 0 Å². The molecule has 1 fully saturated rings. The number of anilines is 3. The van der Waals surface area contributed by atoms with Gasteiger partial charge in [0.2, 0.25) is 0 Å². The van der Waals surface area contributed by atoms with Gasteiger partial charge in [0.25, 0.3) is 0 Å². The van der Waals surface area contributed by atoms with Gasteiger partial charge in [-0.3, -0.25) is 4.79 Å². The van der Waals surface area contributed by atoms with Crippen molar-refractivity contribution in [2.24, 2.45) is 11.8 Å². The number of carbonyl (C=O) groups is 3. The van der Waals surface area contributed by atoms with Crippen LogP contribution < -0.4 is 16.0 Å². The summed E-state index contributed by atoms with van der Waals surface area (Å²) in [4.78, 5) is 37.5. The monoisotopic (exact) mass is 396 g/mol. The molecule has 2 atom stereocenters. The molecule has 0 aliphatic carbocycles. The molecule has 8 nitrogen and oxygen atoms in total. The molecular formula is C21H24N4O4. The first-order chi connectivity index (χ1) is 13.9. The number of carbonyl (C=O) groups excluding carboxylic acids is 2. The van der Waals surface area contributed by atoms with Gasteiger partial charge in [0.1, 0.15) is 0 Å². The molecule has 8 heteroatoms. The molecule has 0 bridgehead atoms. The van der Waals surface area contributed by atoms with E-state index in [1.54, 1.807) is 36.4 Å². The number of benzene rings is 2. The Morgan fingerprint density at radius 2 is 1.52 bits per heavy atom. The van der Waals surface area contributed by atoms with E-state index in [1.165, 1.54) is 4.90 Å². The van der Waals surface area contributed by atoms with Crippen LogP contribution in [0.4, 0.5) is 26.7 Å². The summed E-state index contributed by atoms with van der Waals surface area (Å²) in [6.45, 7) is 2.63. The van der Waals surface area contributed by atoms with Crippen LogP contribution >= 0.6 is 0 Å². The summed E-state index contributed by atoms with van der Waals surface area (Å²) in [6, 6.07) is 15.1. The molecule has 1 aliphatic heterocycles. The van der Waals surface area contributed by atoms with Crippen LogP contribution in [0.3, 0.4) is 0 Å². The molecule has 152 valence electrons. The minimum absolute atomic E-state index is 0.116. The number of aliphatic carboxylic acids is 1. The van der Waals surface area contributed by atoms with Gasteiger partial charge in [0.15, 0.2) is 0 Å². The lowest BCUT2D eigenvalue weighted by atomic mass is 9.91. The van der Waals surface area contributed by atoms with Gasteiger partial charge in [-0.25, -0.2) is 9.59 Å². The van der Waals surface area contributed by atoms with Gasteiger partial charge in [0, 0.05) is 30.2 Å². The molecule has 0 spiro atoms. The number of hydrogen-bond donors (Lipinski definition) is 4. The Kier molecular flexibility index (Phi) is 6.33. The van der Waals surface area contributed by atoms with Crippen molar-refractivity contribution in [1.29, 1.82) is 0 Å². The zero-order valence-electron chi connectivity index (χ0n) is 16.1. The maximum atomic E-state index is 12.6. The van der Waals surface area contributed by atoms with Gasteiger partial charge >= 0.3 is 18.0 Å². The van der Waals surface area contributed by atoms with E-state index in [4.69, 9.17) is 0 Å². The number of carboxylic acids is 1. The highest BCUT2D eigenvalue weighted by atomic mass is 16.4. The highest BCUT2D eigenvalue weighted by Crippen LogP contribution is 2.23. The zero-order chi connectivity index (χ0) is 20.8. The molecule has 0 radical (unpaired) electrons. The van der Waals surface area contributed by atoms with Crippen LogP contribution in [-0.2, 0) is 4.79 Å². The Morgan fingerprint density at radius 3 is 2.21 bits per heavy atom. The second-order valence-electron chi connectivity index (χ2n) is 7.24. The summed E-state index contributed by atoms with van der Waals surface area (Å²) >= 11 is 0. The molecular weight excluding hydrogens is 372 g/mol. The molecule has 29 heavy (non-hydrogen) atoms. The number of likely N-dealkylation sites (tertiary alicyclic amines) is 1. The van der Waals surface area contributed by atoms with Gasteiger partial charge in [-0.15, -0.1) is 0 Å². The van der Waals surface area contributed by atoms with E-state index in [-0.39, 0.29) is 18.5 Å². The summed E-state index contributed by atoms with van der Waals surface area (Å²) in [7, 11) is 0. The van der Waals surface area contributed by atoms with Crippen LogP contribution in [-0.4, -0.2) is 41.1 Å². The van der Waals surface area contributed by atoms with Gasteiger partial charge in [-0.1, -0.05) is 31.2 Å². The minimum atomic E-state index is -0.884. The van der Waals surface area contributed by atoms with Crippen LogP contribution in [0.2, 0.25) is 0 Å². The number of nitrogens with one attached hydrogen (secondary N) is 3. The standard InChI is InChI=1S/C21H24N4O4/c1-14-10-15(19(26)27)13-25(12-14)21(29)24-18-9-5-8-17(11-18)23-20(28)22-16-6-3-2-4-7-16/h2-9,11,14-15H,10,12-13H2,1H3,(H,24,29)(H,26,27)(H2,22,23,28). The smallest absolute Gasteiger partial charge is 0.323 e. The topological polar surface area (TPSA) is 111 Å². The number of nitrogens with zero attached hydrogens (tertiary/aromatic N) is 1. The van der Waals surface area contributed by atoms with E-state index >= 15 is 0 Å². The lowest BCUT2D eigenvalue weighted by molar-refractivity contribution is -0.143. The van der Waals surface area contributed by atoms with Crippen molar-refractivity contribution < 1.29 is 19.5 Å². The Hall–Kier alpha value is -3.55. The summed E-state index contributed by atoms with van der Waals surface area (Å²) in [5, 5.41) is 17.5. The van der Waals surface area contributed by atoms with Gasteiger partial charge < -0.3 is 26.0 Å². The van der Waals surface area contributed by atoms with Crippen molar-refractivity contribution in [1.82, 2.24) is 4.90 Å². The maximum Gasteiger partial charge on any atom is 0.323 e. The number of amides is 4. The van der Waals surface area contributed by atoms with Crippen LogP contribution in [0.15, 0.2) is 54.6 Å². The highest BCUT2D eigenvalue weighted by Gasteiger charge is 2.31. The van der Waals surface area contributed by atoms with E-state index in [0.717, 1.165) is 0 Å². The van der Waals surface area contributed by atoms with Crippen molar-refractivity contribution in [3.8, 4) is 0 Å². The summed E-state index contributed by atoms with van der Waals surface area (Å²) < 4.78 is 0. The fourth-order valence-electron chi connectivity index (χ4n) is 3.39. The molecule has 3 rings (SSSR count). The number of urea groups is 2. The van der Waals surface area contributed by atoms with Crippen molar-refractivity contribution in [2.75, 3.05) is 29.0 Å². The molecule has 1 aliphatic rings. The van der Waals surface area contributed by atoms with Crippen LogP contribution in [0, 0.1) is 11.8 Å². The van der Waals surface area contributed by atoms with Crippen molar-refractivity contribution in [2.45, 2.75) is 13.3 Å². The molecule has 4 amide bonds. The Morgan fingerprint density at radius 1 is 0.897 bits per heavy atom. The van der Waals surface area contributed by atoms with Crippen molar-refractivity contribution in [3.63, 3.8) is 0 Å². The lowest BCUT2D eigenvalue weighted by Gasteiger charge is -2.34. The largest absolute Gasteiger partial charge is 0.481 e. The summed E-state index contributed by atoms with van der Waals surface area (Å²) in [5.74, 6) is -1.32. The fraction of sp³-hybridized carbons (Fsp3) is 0.286. The third-order valence-corrected chi connectivity index (χ3v) is 4.70. The fourth-order valence-corrected chi connectivity index (χ4v) is 3.39. The SMILES string of the molecule is CC1CC(C(=O)O)CN(C(=O)Nc2cccc(NC(=O)Nc3ccccc3)c2)C1. The third-order valence-electron chi connectivity index (χ3n) is 4.70. The van der Waals surface area contributed by atoms with E-state index < -0.39 is 17.9 Å². The number of carboxylic acid groups (broad SMARTS) is 1. The van der Waals surface area contributed by atoms with Crippen LogP contribution in [0.1, 0.15) is 13.3 Å². The molecule has 2 aromatic carbocycles. The summed E-state index contributed by atoms with van der Waals surface area (Å²) in [6.07, 6.45) is 0.565. The lowest BCUT2D eigenvalue weighted by Crippen LogP contribution is -2.47. The molecule has 2 unspecified atom stereocenters. The Labute approximate surface area is 168 Å². The van der Waals surface area contributed by atoms with Gasteiger partial charge in [0.05, 0.1) is 5.92 Å². The maximum absolute atomic E-state index is 12.6. The number of hydrogen-bond acceptors (Lipinski definition) is 3. The van der Waals surface area contributed by atoms with Gasteiger partial charge in [-0.05, 0) is 42.7 Å². The van der Waals surface area contributed by atoms with E-state index in [1.807, 2.05) is 25.1 Å². The number of rotatable bonds is 4. The van der Waals surface area contributed by atoms with Crippen molar-refractivity contribution in [3.05, 3.63) is 54.6 Å². The number of para-hydroxylation sites is 1. The first-order valence-corrected chi connectivity index (χ1v) is 9.42. The van der Waals surface area contributed by atoms with Gasteiger partial charge in [-0.2, -0.15) is 0 Å².